The molecule has 6 heteroatoms. The molecule has 0 saturated carbocycles. The molecular formula is C15H11ClN2O2S. The molecule has 0 aliphatic rings. The van der Waals surface area contributed by atoms with E-state index in [-0.39, 0.29) is 5.91 Å². The number of ether oxygens (including phenoxy) is 1. The fourth-order valence-corrected chi connectivity index (χ4v) is 3.02. The van der Waals surface area contributed by atoms with Crippen molar-refractivity contribution in [2.75, 3.05) is 12.4 Å². The molecule has 1 aromatic heterocycles. The molecule has 3 rings (SSSR count). The standard InChI is InChI=1S/C15H11ClN2O2S/c1-20-10-4-2-3-9(7-10)15(19)18-12-6-5-11(16)13-14(12)21-8-17-13/h2-8H,1H3,(H,18,19). The van der Waals surface area contributed by atoms with Crippen LogP contribution >= 0.6 is 22.9 Å². The topological polar surface area (TPSA) is 51.2 Å². The molecule has 2 aromatic carbocycles. The Morgan fingerprint density at radius 1 is 1.33 bits per heavy atom. The summed E-state index contributed by atoms with van der Waals surface area (Å²) in [6, 6.07) is 10.5. The molecule has 0 saturated heterocycles. The van der Waals surface area contributed by atoms with Gasteiger partial charge in [-0.05, 0) is 30.3 Å². The van der Waals surface area contributed by atoms with Gasteiger partial charge < -0.3 is 10.1 Å². The van der Waals surface area contributed by atoms with E-state index in [0.29, 0.717) is 27.5 Å². The Balaban J connectivity index is 1.93. The van der Waals surface area contributed by atoms with E-state index in [9.17, 15) is 4.79 Å². The first kappa shape index (κ1) is 13.9. The lowest BCUT2D eigenvalue weighted by molar-refractivity contribution is 0.102. The zero-order valence-corrected chi connectivity index (χ0v) is 12.7. The Morgan fingerprint density at radius 3 is 3.00 bits per heavy atom. The van der Waals surface area contributed by atoms with Crippen LogP contribution in [-0.4, -0.2) is 18.0 Å². The molecule has 21 heavy (non-hydrogen) atoms. The van der Waals surface area contributed by atoms with Crippen LogP contribution in [-0.2, 0) is 0 Å². The number of benzene rings is 2. The Kier molecular flexibility index (Phi) is 3.77. The highest BCUT2D eigenvalue weighted by atomic mass is 35.5. The molecule has 0 spiro atoms. The number of halogens is 1. The van der Waals surface area contributed by atoms with Crippen LogP contribution in [0.3, 0.4) is 0 Å². The van der Waals surface area contributed by atoms with Crippen LogP contribution in [0.5, 0.6) is 5.75 Å². The number of methoxy groups -OCH3 is 1. The Bertz CT molecular complexity index is 816. The van der Waals surface area contributed by atoms with Crippen LogP contribution in [0.15, 0.2) is 41.9 Å². The molecule has 0 radical (unpaired) electrons. The zero-order chi connectivity index (χ0) is 14.8. The van der Waals surface area contributed by atoms with Crippen LogP contribution < -0.4 is 10.1 Å². The van der Waals surface area contributed by atoms with Gasteiger partial charge in [0.05, 0.1) is 28.0 Å². The second-order valence-electron chi connectivity index (χ2n) is 4.31. The fraction of sp³-hybridized carbons (Fsp3) is 0.0667. The molecule has 1 heterocycles. The number of carbonyl (C=O) groups is 1. The van der Waals surface area contributed by atoms with Crippen molar-refractivity contribution in [1.29, 1.82) is 0 Å². The number of carbonyl (C=O) groups excluding carboxylic acids is 1. The maximum Gasteiger partial charge on any atom is 0.255 e. The van der Waals surface area contributed by atoms with E-state index in [1.165, 1.54) is 11.3 Å². The number of anilines is 1. The second-order valence-corrected chi connectivity index (χ2v) is 5.57. The highest BCUT2D eigenvalue weighted by Gasteiger charge is 2.12. The largest absolute Gasteiger partial charge is 0.497 e. The van der Waals surface area contributed by atoms with Gasteiger partial charge in [0.2, 0.25) is 0 Å². The summed E-state index contributed by atoms with van der Waals surface area (Å²) < 4.78 is 5.98. The van der Waals surface area contributed by atoms with E-state index in [1.807, 2.05) is 0 Å². The minimum absolute atomic E-state index is 0.203. The SMILES string of the molecule is COc1cccc(C(=O)Nc2ccc(Cl)c3ncsc23)c1. The van der Waals surface area contributed by atoms with E-state index in [0.717, 1.165) is 4.70 Å². The summed E-state index contributed by atoms with van der Waals surface area (Å²) >= 11 is 7.52. The van der Waals surface area contributed by atoms with Gasteiger partial charge in [-0.1, -0.05) is 17.7 Å². The number of nitrogens with one attached hydrogen (secondary N) is 1. The average molecular weight is 319 g/mol. The van der Waals surface area contributed by atoms with Crippen molar-refractivity contribution in [3.63, 3.8) is 0 Å². The number of fused-ring (bicyclic) bond motifs is 1. The maximum absolute atomic E-state index is 12.3. The third-order valence-electron chi connectivity index (χ3n) is 3.01. The highest BCUT2D eigenvalue weighted by Crippen LogP contribution is 2.32. The van der Waals surface area contributed by atoms with Crippen molar-refractivity contribution in [2.24, 2.45) is 0 Å². The Hall–Kier alpha value is -2.11. The minimum Gasteiger partial charge on any atom is -0.497 e. The monoisotopic (exact) mass is 318 g/mol. The molecule has 1 N–H and O–H groups in total. The van der Waals surface area contributed by atoms with E-state index < -0.39 is 0 Å². The smallest absolute Gasteiger partial charge is 0.255 e. The molecule has 1 amide bonds. The van der Waals surface area contributed by atoms with Crippen LogP contribution in [0.1, 0.15) is 10.4 Å². The summed E-state index contributed by atoms with van der Waals surface area (Å²) in [5.41, 5.74) is 3.63. The quantitative estimate of drug-likeness (QED) is 0.787. The lowest BCUT2D eigenvalue weighted by Crippen LogP contribution is -2.12. The molecule has 0 bridgehead atoms. The summed E-state index contributed by atoms with van der Waals surface area (Å²) in [5, 5.41) is 3.46. The third-order valence-corrected chi connectivity index (χ3v) is 4.18. The summed E-state index contributed by atoms with van der Waals surface area (Å²) in [6.07, 6.45) is 0. The van der Waals surface area contributed by atoms with Gasteiger partial charge in [0.1, 0.15) is 11.3 Å². The number of amides is 1. The molecule has 0 unspecified atom stereocenters. The van der Waals surface area contributed by atoms with Crippen molar-refractivity contribution < 1.29 is 9.53 Å². The molecular weight excluding hydrogens is 308 g/mol. The van der Waals surface area contributed by atoms with Crippen molar-refractivity contribution in [2.45, 2.75) is 0 Å². The first-order valence-electron chi connectivity index (χ1n) is 6.16. The lowest BCUT2D eigenvalue weighted by atomic mass is 10.2. The van der Waals surface area contributed by atoms with Crippen molar-refractivity contribution in [3.8, 4) is 5.75 Å². The number of nitrogens with zero attached hydrogens (tertiary/aromatic N) is 1. The molecule has 106 valence electrons. The number of rotatable bonds is 3. The fourth-order valence-electron chi connectivity index (χ4n) is 1.98. The van der Waals surface area contributed by atoms with Gasteiger partial charge in [-0.15, -0.1) is 11.3 Å². The Morgan fingerprint density at radius 2 is 2.19 bits per heavy atom. The molecule has 3 aromatic rings. The zero-order valence-electron chi connectivity index (χ0n) is 11.1. The summed E-state index contributed by atoms with van der Waals surface area (Å²) in [5.74, 6) is 0.438. The van der Waals surface area contributed by atoms with Gasteiger partial charge in [0, 0.05) is 5.56 Å². The summed E-state index contributed by atoms with van der Waals surface area (Å²) in [7, 11) is 1.57. The second kappa shape index (κ2) is 5.71. The lowest BCUT2D eigenvalue weighted by Gasteiger charge is -2.08. The Labute approximate surface area is 130 Å². The van der Waals surface area contributed by atoms with Crippen molar-refractivity contribution in [1.82, 2.24) is 4.98 Å². The number of aromatic nitrogens is 1. The van der Waals surface area contributed by atoms with Crippen LogP contribution in [0.4, 0.5) is 5.69 Å². The summed E-state index contributed by atoms with van der Waals surface area (Å²) in [6.45, 7) is 0. The normalized spacial score (nSPS) is 10.6. The average Bonchev–Trinajstić information content (AvgIpc) is 3.01. The third kappa shape index (κ3) is 2.70. The van der Waals surface area contributed by atoms with Gasteiger partial charge in [-0.3, -0.25) is 4.79 Å². The maximum atomic E-state index is 12.3. The first-order chi connectivity index (χ1) is 10.2. The minimum atomic E-state index is -0.203. The molecule has 0 aliphatic heterocycles. The molecule has 4 nitrogen and oxygen atoms in total. The van der Waals surface area contributed by atoms with Gasteiger partial charge >= 0.3 is 0 Å². The predicted molar refractivity (Wildman–Crippen MR) is 85.6 cm³/mol. The number of hydrogen-bond donors (Lipinski definition) is 1. The van der Waals surface area contributed by atoms with Crippen LogP contribution in [0.25, 0.3) is 10.2 Å². The van der Waals surface area contributed by atoms with Gasteiger partial charge in [-0.25, -0.2) is 4.98 Å². The summed E-state index contributed by atoms with van der Waals surface area (Å²) in [4.78, 5) is 16.5. The van der Waals surface area contributed by atoms with Crippen molar-refractivity contribution in [3.05, 3.63) is 52.5 Å². The predicted octanol–water partition coefficient (Wildman–Crippen LogP) is 4.21. The van der Waals surface area contributed by atoms with E-state index in [1.54, 1.807) is 49.0 Å². The number of hydrogen-bond acceptors (Lipinski definition) is 4. The molecule has 0 fully saturated rings. The van der Waals surface area contributed by atoms with E-state index in [4.69, 9.17) is 16.3 Å². The van der Waals surface area contributed by atoms with Gasteiger partial charge in [-0.2, -0.15) is 0 Å². The van der Waals surface area contributed by atoms with Crippen molar-refractivity contribution >= 4 is 44.7 Å². The van der Waals surface area contributed by atoms with Crippen LogP contribution in [0, 0.1) is 0 Å². The molecule has 0 aliphatic carbocycles. The highest BCUT2D eigenvalue weighted by molar-refractivity contribution is 7.17. The van der Waals surface area contributed by atoms with E-state index >= 15 is 0 Å². The first-order valence-corrected chi connectivity index (χ1v) is 7.42. The van der Waals surface area contributed by atoms with Gasteiger partial charge in [0.25, 0.3) is 5.91 Å². The molecule has 0 atom stereocenters. The number of thiazole rings is 1. The van der Waals surface area contributed by atoms with Crippen LogP contribution in [0.2, 0.25) is 5.02 Å². The van der Waals surface area contributed by atoms with E-state index in [2.05, 4.69) is 10.3 Å². The van der Waals surface area contributed by atoms with Gasteiger partial charge in [0.15, 0.2) is 0 Å².